The number of carboxylic acids is 1. The molecule has 0 fully saturated rings. The van der Waals surface area contributed by atoms with Crippen LogP contribution in [0.15, 0.2) is 17.7 Å². The number of fused-ring (bicyclic) bond motifs is 1. The minimum absolute atomic E-state index is 0.279. The Morgan fingerprint density at radius 1 is 1.40 bits per heavy atom. The highest BCUT2D eigenvalue weighted by atomic mass is 35.5. The molecular weight excluding hydrogens is 274 g/mol. The Kier molecular flexibility index (Phi) is 3.91. The van der Waals surface area contributed by atoms with E-state index in [1.165, 1.54) is 0 Å². The summed E-state index contributed by atoms with van der Waals surface area (Å²) in [4.78, 5) is 11.0. The highest BCUT2D eigenvalue weighted by Gasteiger charge is 2.16. The Morgan fingerprint density at radius 3 is 2.60 bits per heavy atom. The largest absolute Gasteiger partial charge is 0.478 e. The summed E-state index contributed by atoms with van der Waals surface area (Å²) in [6.07, 6.45) is 1.65. The molecule has 1 heterocycles. The van der Waals surface area contributed by atoms with Crippen molar-refractivity contribution in [2.45, 2.75) is 34.2 Å². The number of benzene rings is 1. The second-order valence-electron chi connectivity index (χ2n) is 5.06. The van der Waals surface area contributed by atoms with E-state index in [4.69, 9.17) is 16.7 Å². The molecular formula is C16H18ClNO2. The van der Waals surface area contributed by atoms with E-state index in [1.54, 1.807) is 13.0 Å². The third-order valence-electron chi connectivity index (χ3n) is 3.48. The number of rotatable bonds is 3. The van der Waals surface area contributed by atoms with Gasteiger partial charge in [-0.15, -0.1) is 0 Å². The third kappa shape index (κ3) is 2.34. The molecule has 0 bridgehead atoms. The molecule has 1 N–H and O–H groups in total. The van der Waals surface area contributed by atoms with Gasteiger partial charge in [0.2, 0.25) is 0 Å². The highest BCUT2D eigenvalue weighted by molar-refractivity contribution is 6.33. The van der Waals surface area contributed by atoms with Crippen molar-refractivity contribution in [3.8, 4) is 0 Å². The van der Waals surface area contributed by atoms with Crippen molar-refractivity contribution < 1.29 is 9.90 Å². The van der Waals surface area contributed by atoms with Crippen molar-refractivity contribution in [3.05, 3.63) is 39.5 Å². The van der Waals surface area contributed by atoms with Gasteiger partial charge in [-0.3, -0.25) is 0 Å². The summed E-state index contributed by atoms with van der Waals surface area (Å²) < 4.78 is 2.02. The lowest BCUT2D eigenvalue weighted by atomic mass is 10.0. The number of halogens is 1. The Morgan fingerprint density at radius 2 is 2.05 bits per heavy atom. The standard InChI is InChI=1S/C16H18ClNO2/c1-5-18-14-10(3)6-9(2)7-12(14)13(15(18)17)8-11(4)16(19)20/h6-8H,5H2,1-4H3,(H,19,20)/b11-8+. The molecule has 1 aromatic heterocycles. The molecule has 0 amide bonds. The lowest BCUT2D eigenvalue weighted by molar-refractivity contribution is -0.132. The summed E-state index contributed by atoms with van der Waals surface area (Å²) >= 11 is 6.45. The molecule has 0 aliphatic heterocycles. The van der Waals surface area contributed by atoms with Crippen molar-refractivity contribution >= 4 is 34.5 Å². The SMILES string of the molecule is CCn1c(Cl)c(/C=C(\C)C(=O)O)c2cc(C)cc(C)c21. The van der Waals surface area contributed by atoms with Crippen LogP contribution in [-0.2, 0) is 11.3 Å². The first-order chi connectivity index (χ1) is 9.36. The summed E-state index contributed by atoms with van der Waals surface area (Å²) in [5.74, 6) is -0.928. The molecule has 4 heteroatoms. The van der Waals surface area contributed by atoms with Gasteiger partial charge in [0, 0.05) is 23.1 Å². The number of aryl methyl sites for hydroxylation is 3. The average Bonchev–Trinajstić information content (AvgIpc) is 2.62. The predicted octanol–water partition coefficient (Wildman–Crippen LogP) is 4.42. The number of aliphatic carboxylic acids is 1. The van der Waals surface area contributed by atoms with E-state index in [2.05, 4.69) is 19.1 Å². The number of carboxylic acid groups (broad SMARTS) is 1. The van der Waals surface area contributed by atoms with Crippen LogP contribution in [0.5, 0.6) is 0 Å². The van der Waals surface area contributed by atoms with Crippen molar-refractivity contribution in [1.29, 1.82) is 0 Å². The summed E-state index contributed by atoms with van der Waals surface area (Å²) in [5, 5.41) is 10.7. The van der Waals surface area contributed by atoms with Crippen molar-refractivity contribution in [3.63, 3.8) is 0 Å². The second kappa shape index (κ2) is 5.33. The maximum atomic E-state index is 11.0. The number of aromatic nitrogens is 1. The molecule has 106 valence electrons. The van der Waals surface area contributed by atoms with Crippen molar-refractivity contribution in [2.75, 3.05) is 0 Å². The summed E-state index contributed by atoms with van der Waals surface area (Å²) in [7, 11) is 0. The second-order valence-corrected chi connectivity index (χ2v) is 5.42. The topological polar surface area (TPSA) is 42.2 Å². The van der Waals surface area contributed by atoms with E-state index in [0.717, 1.165) is 34.1 Å². The van der Waals surface area contributed by atoms with Crippen LogP contribution >= 0.6 is 11.6 Å². The Bertz CT molecular complexity index is 726. The number of nitrogens with zero attached hydrogens (tertiary/aromatic N) is 1. The average molecular weight is 292 g/mol. The minimum Gasteiger partial charge on any atom is -0.478 e. The van der Waals surface area contributed by atoms with Gasteiger partial charge in [-0.25, -0.2) is 4.79 Å². The van der Waals surface area contributed by atoms with Crippen molar-refractivity contribution in [1.82, 2.24) is 4.57 Å². The maximum Gasteiger partial charge on any atom is 0.331 e. The maximum absolute atomic E-state index is 11.0. The fourth-order valence-electron chi connectivity index (χ4n) is 2.59. The van der Waals surface area contributed by atoms with Crippen LogP contribution < -0.4 is 0 Å². The van der Waals surface area contributed by atoms with Gasteiger partial charge in [0.25, 0.3) is 0 Å². The fourth-order valence-corrected chi connectivity index (χ4v) is 2.95. The van der Waals surface area contributed by atoms with E-state index in [0.29, 0.717) is 5.15 Å². The molecule has 0 atom stereocenters. The van der Waals surface area contributed by atoms with Crippen LogP contribution in [0.2, 0.25) is 5.15 Å². The molecule has 0 saturated heterocycles. The van der Waals surface area contributed by atoms with Gasteiger partial charge < -0.3 is 9.67 Å². The monoisotopic (exact) mass is 291 g/mol. The van der Waals surface area contributed by atoms with E-state index in [-0.39, 0.29) is 5.57 Å². The molecule has 2 aromatic rings. The molecule has 1 aromatic carbocycles. The van der Waals surface area contributed by atoms with Crippen molar-refractivity contribution in [2.24, 2.45) is 0 Å². The van der Waals surface area contributed by atoms with Crippen LogP contribution in [0.1, 0.15) is 30.5 Å². The molecule has 20 heavy (non-hydrogen) atoms. The van der Waals surface area contributed by atoms with Crippen LogP contribution in [-0.4, -0.2) is 15.6 Å². The number of hydrogen-bond donors (Lipinski definition) is 1. The molecule has 3 nitrogen and oxygen atoms in total. The quantitative estimate of drug-likeness (QED) is 0.851. The number of hydrogen-bond acceptors (Lipinski definition) is 1. The highest BCUT2D eigenvalue weighted by Crippen LogP contribution is 2.34. The molecule has 2 rings (SSSR count). The van der Waals surface area contributed by atoms with Crippen LogP contribution in [0, 0.1) is 13.8 Å². The predicted molar refractivity (Wildman–Crippen MR) is 83.4 cm³/mol. The lowest BCUT2D eigenvalue weighted by Gasteiger charge is -2.06. The van der Waals surface area contributed by atoms with Gasteiger partial charge in [0.05, 0.1) is 5.52 Å². The summed E-state index contributed by atoms with van der Waals surface area (Å²) in [6, 6.07) is 4.17. The van der Waals surface area contributed by atoms with Gasteiger partial charge >= 0.3 is 5.97 Å². The molecule has 0 radical (unpaired) electrons. The van der Waals surface area contributed by atoms with Gasteiger partial charge in [-0.2, -0.15) is 0 Å². The minimum atomic E-state index is -0.928. The molecule has 0 aliphatic rings. The molecule has 0 saturated carbocycles. The zero-order chi connectivity index (χ0) is 15.0. The smallest absolute Gasteiger partial charge is 0.331 e. The van der Waals surface area contributed by atoms with Gasteiger partial charge in [0.1, 0.15) is 5.15 Å². The Balaban J connectivity index is 2.87. The molecule has 0 aliphatic carbocycles. The zero-order valence-corrected chi connectivity index (χ0v) is 12.9. The first-order valence-corrected chi connectivity index (χ1v) is 6.95. The Labute approximate surface area is 123 Å². The summed E-state index contributed by atoms with van der Waals surface area (Å²) in [5.41, 5.74) is 4.43. The third-order valence-corrected chi connectivity index (χ3v) is 3.89. The molecule has 0 unspecified atom stereocenters. The Hall–Kier alpha value is -1.74. The van der Waals surface area contributed by atoms with Crippen LogP contribution in [0.3, 0.4) is 0 Å². The zero-order valence-electron chi connectivity index (χ0n) is 12.1. The van der Waals surface area contributed by atoms with E-state index in [1.807, 2.05) is 18.4 Å². The fraction of sp³-hybridized carbons (Fsp3) is 0.312. The lowest BCUT2D eigenvalue weighted by Crippen LogP contribution is -1.96. The summed E-state index contributed by atoms with van der Waals surface area (Å²) in [6.45, 7) is 8.44. The van der Waals surface area contributed by atoms with Crippen LogP contribution in [0.4, 0.5) is 0 Å². The molecule has 0 spiro atoms. The first kappa shape index (κ1) is 14.7. The number of carbonyl (C=O) groups is 1. The first-order valence-electron chi connectivity index (χ1n) is 6.57. The van der Waals surface area contributed by atoms with Gasteiger partial charge in [-0.05, 0) is 45.4 Å². The normalized spacial score (nSPS) is 12.2. The van der Waals surface area contributed by atoms with E-state index in [9.17, 15) is 4.79 Å². The van der Waals surface area contributed by atoms with Gasteiger partial charge in [0.15, 0.2) is 0 Å². The van der Waals surface area contributed by atoms with Crippen LogP contribution in [0.25, 0.3) is 17.0 Å². The van der Waals surface area contributed by atoms with E-state index < -0.39 is 5.97 Å². The van der Waals surface area contributed by atoms with E-state index >= 15 is 0 Å². The van der Waals surface area contributed by atoms with Gasteiger partial charge in [-0.1, -0.05) is 23.2 Å².